The summed E-state index contributed by atoms with van der Waals surface area (Å²) in [4.78, 5) is 38.0. The highest BCUT2D eigenvalue weighted by Gasteiger charge is 2.44. The molecule has 0 bridgehead atoms. The van der Waals surface area contributed by atoms with E-state index in [-0.39, 0.29) is 35.8 Å². The van der Waals surface area contributed by atoms with Crippen LogP contribution in [0.2, 0.25) is 0 Å². The van der Waals surface area contributed by atoms with Crippen molar-refractivity contribution in [2.75, 3.05) is 19.6 Å². The minimum Gasteiger partial charge on any atom is -0.342 e. The molecule has 0 radical (unpaired) electrons. The van der Waals surface area contributed by atoms with Crippen molar-refractivity contribution < 1.29 is 4.79 Å². The molecule has 2 aromatic rings. The largest absolute Gasteiger partial charge is 0.342 e. The van der Waals surface area contributed by atoms with Gasteiger partial charge >= 0.3 is 0 Å². The Morgan fingerprint density at radius 2 is 2.08 bits per heavy atom. The molecular formula is C18H22ClN5O2. The number of rotatable bonds is 2. The third-order valence-electron chi connectivity index (χ3n) is 5.55. The van der Waals surface area contributed by atoms with E-state index in [1.54, 1.807) is 12.4 Å². The molecule has 1 saturated heterocycles. The van der Waals surface area contributed by atoms with Gasteiger partial charge in [-0.25, -0.2) is 4.98 Å². The molecule has 2 aromatic heterocycles. The van der Waals surface area contributed by atoms with Gasteiger partial charge in [-0.15, -0.1) is 12.4 Å². The standard InChI is InChI=1S/C18H21N5O2.ClH/c19-10-14(24)23-8-5-18(6-9-23)4-3-13-15(18)21-16(22-17(13)25)12-2-1-7-20-11-12;/h1-2,7,11H,3-6,8-10,19H2,(H,21,22,25);1H. The molecule has 0 aromatic carbocycles. The van der Waals surface area contributed by atoms with Crippen LogP contribution in [0.5, 0.6) is 0 Å². The Hall–Kier alpha value is -2.25. The van der Waals surface area contributed by atoms with E-state index in [0.717, 1.165) is 42.5 Å². The number of piperidine rings is 1. The molecule has 7 nitrogen and oxygen atoms in total. The fraction of sp³-hybridized carbons (Fsp3) is 0.444. The molecular weight excluding hydrogens is 354 g/mol. The van der Waals surface area contributed by atoms with Crippen molar-refractivity contribution in [1.82, 2.24) is 19.9 Å². The number of carbonyl (C=O) groups excluding carboxylic acids is 1. The van der Waals surface area contributed by atoms with E-state index >= 15 is 0 Å². The number of pyridine rings is 1. The van der Waals surface area contributed by atoms with Crippen LogP contribution in [0.4, 0.5) is 0 Å². The number of H-pyrrole nitrogens is 1. The summed E-state index contributed by atoms with van der Waals surface area (Å²) in [7, 11) is 0. The Morgan fingerprint density at radius 3 is 2.73 bits per heavy atom. The van der Waals surface area contributed by atoms with Crippen LogP contribution in [0.15, 0.2) is 29.3 Å². The number of nitrogens with one attached hydrogen (secondary N) is 1. The number of nitrogens with two attached hydrogens (primary N) is 1. The van der Waals surface area contributed by atoms with Crippen molar-refractivity contribution in [2.45, 2.75) is 31.1 Å². The molecule has 0 unspecified atom stereocenters. The highest BCUT2D eigenvalue weighted by atomic mass is 35.5. The van der Waals surface area contributed by atoms with E-state index in [4.69, 9.17) is 10.7 Å². The lowest BCUT2D eigenvalue weighted by atomic mass is 9.76. The first-order valence-corrected chi connectivity index (χ1v) is 8.65. The molecule has 1 aliphatic heterocycles. The lowest BCUT2D eigenvalue weighted by Crippen LogP contribution is -2.46. The minimum atomic E-state index is -0.105. The van der Waals surface area contributed by atoms with Crippen LogP contribution in [0.3, 0.4) is 0 Å². The summed E-state index contributed by atoms with van der Waals surface area (Å²) in [6.45, 7) is 1.39. The molecule has 0 saturated carbocycles. The Balaban J connectivity index is 0.00000196. The van der Waals surface area contributed by atoms with E-state index in [2.05, 4.69) is 9.97 Å². The van der Waals surface area contributed by atoms with Crippen molar-refractivity contribution >= 4 is 18.3 Å². The van der Waals surface area contributed by atoms with Crippen LogP contribution in [-0.2, 0) is 16.6 Å². The van der Waals surface area contributed by atoms with Gasteiger partial charge in [0.15, 0.2) is 0 Å². The molecule has 1 aliphatic carbocycles. The van der Waals surface area contributed by atoms with E-state index in [0.29, 0.717) is 18.9 Å². The minimum absolute atomic E-state index is 0. The van der Waals surface area contributed by atoms with Crippen molar-refractivity contribution in [3.8, 4) is 11.4 Å². The summed E-state index contributed by atoms with van der Waals surface area (Å²) >= 11 is 0. The molecule has 1 amide bonds. The first-order valence-electron chi connectivity index (χ1n) is 8.65. The van der Waals surface area contributed by atoms with Crippen molar-refractivity contribution in [3.05, 3.63) is 46.1 Å². The van der Waals surface area contributed by atoms with Gasteiger partial charge in [-0.05, 0) is 37.8 Å². The smallest absolute Gasteiger partial charge is 0.254 e. The molecule has 4 rings (SSSR count). The van der Waals surface area contributed by atoms with Crippen LogP contribution in [0.25, 0.3) is 11.4 Å². The first-order chi connectivity index (χ1) is 12.1. The number of hydrogen-bond donors (Lipinski definition) is 2. The summed E-state index contributed by atoms with van der Waals surface area (Å²) in [6.07, 6.45) is 6.72. The van der Waals surface area contributed by atoms with Crippen molar-refractivity contribution in [3.63, 3.8) is 0 Å². The zero-order valence-corrected chi connectivity index (χ0v) is 15.2. The van der Waals surface area contributed by atoms with E-state index in [9.17, 15) is 9.59 Å². The Labute approximate surface area is 157 Å². The third-order valence-corrected chi connectivity index (χ3v) is 5.55. The third kappa shape index (κ3) is 3.01. The van der Waals surface area contributed by atoms with Gasteiger partial charge in [0.25, 0.3) is 5.56 Å². The number of fused-ring (bicyclic) bond motifs is 2. The molecule has 3 N–H and O–H groups in total. The highest BCUT2D eigenvalue weighted by Crippen LogP contribution is 2.44. The van der Waals surface area contributed by atoms with Crippen LogP contribution >= 0.6 is 12.4 Å². The predicted molar refractivity (Wildman–Crippen MR) is 100 cm³/mol. The highest BCUT2D eigenvalue weighted by molar-refractivity contribution is 5.85. The molecule has 1 fully saturated rings. The molecule has 1 spiro atoms. The van der Waals surface area contributed by atoms with Gasteiger partial charge in [0, 0.05) is 42.0 Å². The van der Waals surface area contributed by atoms with E-state index in [1.807, 2.05) is 17.0 Å². The number of hydrogen-bond acceptors (Lipinski definition) is 5. The van der Waals surface area contributed by atoms with Crippen LogP contribution < -0.4 is 11.3 Å². The number of likely N-dealkylation sites (tertiary alicyclic amines) is 1. The summed E-state index contributed by atoms with van der Waals surface area (Å²) < 4.78 is 0. The maximum Gasteiger partial charge on any atom is 0.254 e. The summed E-state index contributed by atoms with van der Waals surface area (Å²) in [6, 6.07) is 3.72. The SMILES string of the molecule is Cl.NCC(=O)N1CCC2(CCc3c2nc(-c2cccnc2)[nH]c3=O)CC1. The van der Waals surface area contributed by atoms with Gasteiger partial charge in [-0.2, -0.15) is 0 Å². The van der Waals surface area contributed by atoms with Gasteiger partial charge in [-0.1, -0.05) is 0 Å². The van der Waals surface area contributed by atoms with Crippen molar-refractivity contribution in [1.29, 1.82) is 0 Å². The predicted octanol–water partition coefficient (Wildman–Crippen LogP) is 1.02. The first kappa shape index (κ1) is 18.5. The number of aromatic nitrogens is 3. The van der Waals surface area contributed by atoms with E-state index in [1.165, 1.54) is 0 Å². The summed E-state index contributed by atoms with van der Waals surface area (Å²) in [5, 5.41) is 0. The molecule has 3 heterocycles. The van der Waals surface area contributed by atoms with Gasteiger partial charge in [-0.3, -0.25) is 14.6 Å². The second-order valence-corrected chi connectivity index (χ2v) is 6.85. The number of halogens is 1. The Kier molecular flexibility index (Phi) is 5.11. The maximum absolute atomic E-state index is 12.6. The Morgan fingerprint density at radius 1 is 1.31 bits per heavy atom. The molecule has 0 atom stereocenters. The van der Waals surface area contributed by atoms with Gasteiger partial charge < -0.3 is 15.6 Å². The summed E-state index contributed by atoms with van der Waals surface area (Å²) in [5.41, 5.74) is 7.83. The fourth-order valence-corrected chi connectivity index (χ4v) is 4.09. The average molecular weight is 376 g/mol. The summed E-state index contributed by atoms with van der Waals surface area (Å²) in [5.74, 6) is 0.557. The zero-order chi connectivity index (χ0) is 17.4. The zero-order valence-electron chi connectivity index (χ0n) is 14.4. The quantitative estimate of drug-likeness (QED) is 0.815. The lowest BCUT2D eigenvalue weighted by molar-refractivity contribution is -0.131. The second kappa shape index (κ2) is 7.17. The van der Waals surface area contributed by atoms with Crippen molar-refractivity contribution in [2.24, 2.45) is 5.73 Å². The lowest BCUT2D eigenvalue weighted by Gasteiger charge is -2.39. The number of aromatic amines is 1. The van der Waals surface area contributed by atoms with Gasteiger partial charge in [0.1, 0.15) is 5.82 Å². The molecule has 138 valence electrons. The normalized spacial score (nSPS) is 17.7. The van der Waals surface area contributed by atoms with Gasteiger partial charge in [0.2, 0.25) is 5.91 Å². The van der Waals surface area contributed by atoms with Crippen LogP contribution in [0, 0.1) is 0 Å². The molecule has 8 heteroatoms. The topological polar surface area (TPSA) is 105 Å². The molecule has 2 aliphatic rings. The number of nitrogens with zero attached hydrogens (tertiary/aromatic N) is 3. The number of carbonyl (C=O) groups is 1. The Bertz CT molecular complexity index is 860. The van der Waals surface area contributed by atoms with E-state index < -0.39 is 0 Å². The monoisotopic (exact) mass is 375 g/mol. The molecule has 26 heavy (non-hydrogen) atoms. The van der Waals surface area contributed by atoms with Gasteiger partial charge in [0.05, 0.1) is 12.2 Å². The maximum atomic E-state index is 12.6. The number of amides is 1. The fourth-order valence-electron chi connectivity index (χ4n) is 4.09. The average Bonchev–Trinajstić information content (AvgIpc) is 3.01. The van der Waals surface area contributed by atoms with Crippen LogP contribution in [-0.4, -0.2) is 45.4 Å². The van der Waals surface area contributed by atoms with Crippen LogP contribution in [0.1, 0.15) is 30.5 Å². The second-order valence-electron chi connectivity index (χ2n) is 6.85.